The molecule has 180 valence electrons. The van der Waals surface area contributed by atoms with Gasteiger partial charge < -0.3 is 14.7 Å². The molecule has 4 aromatic rings. The zero-order valence-electron chi connectivity index (χ0n) is 19.6. The summed E-state index contributed by atoms with van der Waals surface area (Å²) in [4.78, 5) is 14.8. The van der Waals surface area contributed by atoms with Gasteiger partial charge in [-0.3, -0.25) is 0 Å². The Kier molecular flexibility index (Phi) is 6.80. The van der Waals surface area contributed by atoms with Gasteiger partial charge in [0, 0.05) is 28.4 Å². The van der Waals surface area contributed by atoms with Gasteiger partial charge in [-0.1, -0.05) is 60.1 Å². The number of nitrogens with zero attached hydrogens (tertiary/aromatic N) is 3. The van der Waals surface area contributed by atoms with Crippen LogP contribution < -0.4 is 4.90 Å². The lowest BCUT2D eigenvalue weighted by molar-refractivity contribution is 0.0518. The van der Waals surface area contributed by atoms with Crippen LogP contribution in [0.25, 0.3) is 11.3 Å². The van der Waals surface area contributed by atoms with E-state index in [4.69, 9.17) is 16.3 Å². The molecule has 0 radical (unpaired) electrons. The molecule has 0 unspecified atom stereocenters. The van der Waals surface area contributed by atoms with E-state index in [0.717, 1.165) is 11.1 Å². The van der Waals surface area contributed by atoms with Crippen LogP contribution in [0.1, 0.15) is 26.3 Å². The predicted octanol–water partition coefficient (Wildman–Crippen LogP) is 7.17. The maximum absolute atomic E-state index is 13.8. The Bertz CT molecular complexity index is 1350. The smallest absolute Gasteiger partial charge is 0.435 e. The van der Waals surface area contributed by atoms with Crippen LogP contribution in [0.2, 0.25) is 5.02 Å². The van der Waals surface area contributed by atoms with Crippen molar-refractivity contribution in [1.82, 2.24) is 9.78 Å². The molecule has 0 fully saturated rings. The number of hydrogen-bond acceptors (Lipinski definition) is 5. The Morgan fingerprint density at radius 1 is 1.06 bits per heavy atom. The average Bonchev–Trinajstić information content (AvgIpc) is 3.25. The summed E-state index contributed by atoms with van der Waals surface area (Å²) < 4.78 is 20.6. The van der Waals surface area contributed by atoms with E-state index < -0.39 is 23.3 Å². The van der Waals surface area contributed by atoms with Gasteiger partial charge >= 0.3 is 6.09 Å². The number of carbonyl (C=O) groups excluding carboxylic acids is 1. The van der Waals surface area contributed by atoms with Crippen LogP contribution in [0.3, 0.4) is 0 Å². The highest BCUT2D eigenvalue weighted by molar-refractivity contribution is 6.31. The first-order chi connectivity index (χ1) is 16.6. The largest absolute Gasteiger partial charge is 0.505 e. The molecule has 1 N–H and O–H groups in total. The van der Waals surface area contributed by atoms with Crippen LogP contribution in [-0.4, -0.2) is 26.6 Å². The summed E-state index contributed by atoms with van der Waals surface area (Å²) in [6, 6.07) is 22.4. The van der Waals surface area contributed by atoms with E-state index in [9.17, 15) is 14.3 Å². The van der Waals surface area contributed by atoms with Gasteiger partial charge in [0.1, 0.15) is 5.60 Å². The second kappa shape index (κ2) is 9.80. The van der Waals surface area contributed by atoms with Gasteiger partial charge in [-0.15, -0.1) is 5.10 Å². The summed E-state index contributed by atoms with van der Waals surface area (Å²) in [7, 11) is 0. The van der Waals surface area contributed by atoms with Crippen LogP contribution in [0.5, 0.6) is 5.75 Å². The number of aromatic nitrogens is 2. The first-order valence-corrected chi connectivity index (χ1v) is 11.4. The minimum Gasteiger partial charge on any atom is -0.505 e. The second-order valence-corrected chi connectivity index (χ2v) is 9.37. The Morgan fingerprint density at radius 2 is 1.74 bits per heavy atom. The number of rotatable bonds is 5. The number of ether oxygens (including phenoxy) is 1. The number of phenols is 1. The van der Waals surface area contributed by atoms with Crippen LogP contribution in [-0.2, 0) is 11.3 Å². The summed E-state index contributed by atoms with van der Waals surface area (Å²) in [5, 5.41) is 15.2. The minimum atomic E-state index is -0.740. The number of benzene rings is 3. The SMILES string of the molecule is CC(C)(C)OC(=O)n1nc(N(Cc2ccccc2Cl)c2ccc(F)c(O)c2)cc1-c1ccccc1. The zero-order chi connectivity index (χ0) is 25.2. The highest BCUT2D eigenvalue weighted by atomic mass is 35.5. The standard InChI is InChI=1S/C27H25ClFN3O3/c1-27(2,3)35-26(34)32-23(18-9-5-4-6-10-18)16-25(30-32)31(17-19-11-7-8-12-21(19)28)20-13-14-22(29)24(33)15-20/h4-16,33H,17H2,1-3H3. The fourth-order valence-electron chi connectivity index (χ4n) is 3.53. The molecule has 8 heteroatoms. The lowest BCUT2D eigenvalue weighted by Gasteiger charge is -2.23. The van der Waals surface area contributed by atoms with Crippen molar-refractivity contribution in [1.29, 1.82) is 0 Å². The van der Waals surface area contributed by atoms with Crippen molar-refractivity contribution in [2.45, 2.75) is 32.9 Å². The number of anilines is 2. The molecule has 4 rings (SSSR count). The quantitative estimate of drug-likeness (QED) is 0.319. The average molecular weight is 494 g/mol. The van der Waals surface area contributed by atoms with Gasteiger partial charge in [-0.25, -0.2) is 9.18 Å². The van der Waals surface area contributed by atoms with Crippen molar-refractivity contribution in [3.8, 4) is 17.0 Å². The Morgan fingerprint density at radius 3 is 2.40 bits per heavy atom. The van der Waals surface area contributed by atoms with Crippen molar-refractivity contribution >= 4 is 29.2 Å². The van der Waals surface area contributed by atoms with E-state index in [1.165, 1.54) is 22.9 Å². The molecule has 0 spiro atoms. The minimum absolute atomic E-state index is 0.254. The molecule has 0 atom stereocenters. The molecular weight excluding hydrogens is 469 g/mol. The third-order valence-electron chi connectivity index (χ3n) is 5.14. The summed E-state index contributed by atoms with van der Waals surface area (Å²) in [6.45, 7) is 5.60. The Labute approximate surface area is 208 Å². The number of phenolic OH excluding ortho intramolecular Hbond substituents is 1. The van der Waals surface area contributed by atoms with Crippen molar-refractivity contribution in [2.24, 2.45) is 0 Å². The first kappa shape index (κ1) is 24.3. The van der Waals surface area contributed by atoms with Crippen LogP contribution in [0, 0.1) is 5.82 Å². The van der Waals surface area contributed by atoms with Gasteiger partial charge in [-0.05, 0) is 44.5 Å². The number of halogens is 2. The van der Waals surface area contributed by atoms with E-state index in [0.29, 0.717) is 22.2 Å². The van der Waals surface area contributed by atoms with Crippen molar-refractivity contribution in [2.75, 3.05) is 4.90 Å². The van der Waals surface area contributed by atoms with Gasteiger partial charge in [-0.2, -0.15) is 4.68 Å². The Hall–Kier alpha value is -3.84. The van der Waals surface area contributed by atoms with Crippen molar-refractivity contribution in [3.05, 3.63) is 95.3 Å². The van der Waals surface area contributed by atoms with E-state index in [-0.39, 0.29) is 6.54 Å². The number of carbonyl (C=O) groups is 1. The highest BCUT2D eigenvalue weighted by Crippen LogP contribution is 2.34. The van der Waals surface area contributed by atoms with Gasteiger partial charge in [0.15, 0.2) is 17.4 Å². The monoisotopic (exact) mass is 493 g/mol. The summed E-state index contributed by atoms with van der Waals surface area (Å²) in [5.74, 6) is -0.849. The third-order valence-corrected chi connectivity index (χ3v) is 5.51. The molecule has 0 saturated carbocycles. The second-order valence-electron chi connectivity index (χ2n) is 8.96. The van der Waals surface area contributed by atoms with E-state index in [1.54, 1.807) is 37.8 Å². The molecule has 0 aliphatic rings. The summed E-state index contributed by atoms with van der Waals surface area (Å²) >= 11 is 6.42. The number of hydrogen-bond donors (Lipinski definition) is 1. The molecule has 1 heterocycles. The molecule has 35 heavy (non-hydrogen) atoms. The molecule has 0 aliphatic carbocycles. The summed E-state index contributed by atoms with van der Waals surface area (Å²) in [5.41, 5.74) is 1.81. The maximum atomic E-state index is 13.8. The number of aromatic hydroxyl groups is 1. The van der Waals surface area contributed by atoms with Crippen molar-refractivity contribution < 1.29 is 19.0 Å². The maximum Gasteiger partial charge on any atom is 0.435 e. The molecule has 0 bridgehead atoms. The highest BCUT2D eigenvalue weighted by Gasteiger charge is 2.25. The van der Waals surface area contributed by atoms with Gasteiger partial charge in [0.25, 0.3) is 0 Å². The van der Waals surface area contributed by atoms with Gasteiger partial charge in [0.05, 0.1) is 12.2 Å². The molecule has 0 aliphatic heterocycles. The first-order valence-electron chi connectivity index (χ1n) is 11.0. The third kappa shape index (κ3) is 5.63. The fourth-order valence-corrected chi connectivity index (χ4v) is 3.73. The zero-order valence-corrected chi connectivity index (χ0v) is 20.3. The van der Waals surface area contributed by atoms with E-state index in [2.05, 4.69) is 5.10 Å². The normalized spacial score (nSPS) is 11.3. The van der Waals surface area contributed by atoms with Crippen LogP contribution in [0.15, 0.2) is 78.9 Å². The molecule has 6 nitrogen and oxygen atoms in total. The fraction of sp³-hybridized carbons (Fsp3) is 0.185. The van der Waals surface area contributed by atoms with Crippen LogP contribution in [0.4, 0.5) is 20.7 Å². The van der Waals surface area contributed by atoms with Crippen molar-refractivity contribution in [3.63, 3.8) is 0 Å². The van der Waals surface area contributed by atoms with E-state index >= 15 is 0 Å². The lowest BCUT2D eigenvalue weighted by Crippen LogP contribution is -2.28. The molecule has 1 aromatic heterocycles. The Balaban J connectivity index is 1.86. The molecule has 0 saturated heterocycles. The van der Waals surface area contributed by atoms with Gasteiger partial charge in [0.2, 0.25) is 0 Å². The molecule has 3 aromatic carbocycles. The lowest BCUT2D eigenvalue weighted by atomic mass is 10.1. The molecule has 0 amide bonds. The topological polar surface area (TPSA) is 67.6 Å². The van der Waals surface area contributed by atoms with Crippen LogP contribution >= 0.6 is 11.6 Å². The predicted molar refractivity (Wildman–Crippen MR) is 135 cm³/mol. The summed E-state index contributed by atoms with van der Waals surface area (Å²) in [6.07, 6.45) is -0.637. The molecular formula is C27H25ClFN3O3. The van der Waals surface area contributed by atoms with E-state index in [1.807, 2.05) is 48.5 Å².